The SMILES string of the molecule is CCCN(CC(N)=S)C(=O)CCOCC. The van der Waals surface area contributed by atoms with E-state index in [2.05, 4.69) is 0 Å². The van der Waals surface area contributed by atoms with Crippen LogP contribution in [0.1, 0.15) is 26.7 Å². The molecule has 2 N–H and O–H groups in total. The minimum atomic E-state index is 0.0538. The standard InChI is InChI=1S/C10H20N2O2S/c1-3-6-12(8-9(11)15)10(13)5-7-14-4-2/h3-8H2,1-2H3,(H2,11,15). The van der Waals surface area contributed by atoms with Crippen LogP contribution in [-0.4, -0.2) is 42.1 Å². The van der Waals surface area contributed by atoms with Gasteiger partial charge in [0.25, 0.3) is 0 Å². The van der Waals surface area contributed by atoms with E-state index >= 15 is 0 Å². The number of nitrogens with two attached hydrogens (primary N) is 1. The first-order chi connectivity index (χ1) is 7.11. The van der Waals surface area contributed by atoms with Crippen LogP contribution in [-0.2, 0) is 9.53 Å². The Labute approximate surface area is 96.8 Å². The highest BCUT2D eigenvalue weighted by Gasteiger charge is 2.12. The normalized spacial score (nSPS) is 10.0. The van der Waals surface area contributed by atoms with Gasteiger partial charge in [-0.25, -0.2) is 0 Å². The maximum atomic E-state index is 11.7. The molecule has 0 aliphatic carbocycles. The molecule has 0 spiro atoms. The summed E-state index contributed by atoms with van der Waals surface area (Å²) >= 11 is 4.79. The summed E-state index contributed by atoms with van der Waals surface area (Å²) in [5, 5.41) is 0. The van der Waals surface area contributed by atoms with Crippen molar-refractivity contribution >= 4 is 23.1 Å². The molecule has 5 heteroatoms. The van der Waals surface area contributed by atoms with E-state index in [9.17, 15) is 4.79 Å². The van der Waals surface area contributed by atoms with Gasteiger partial charge in [0.15, 0.2) is 0 Å². The van der Waals surface area contributed by atoms with Crippen LogP contribution in [0.15, 0.2) is 0 Å². The van der Waals surface area contributed by atoms with E-state index in [4.69, 9.17) is 22.7 Å². The summed E-state index contributed by atoms with van der Waals surface area (Å²) in [6.45, 7) is 6.09. The Hall–Kier alpha value is -0.680. The molecule has 0 rings (SSSR count). The molecule has 4 nitrogen and oxygen atoms in total. The topological polar surface area (TPSA) is 55.6 Å². The Morgan fingerprint density at radius 3 is 2.60 bits per heavy atom. The summed E-state index contributed by atoms with van der Waals surface area (Å²) in [7, 11) is 0. The quantitative estimate of drug-likeness (QED) is 0.500. The van der Waals surface area contributed by atoms with Crippen LogP contribution in [0.4, 0.5) is 0 Å². The number of amides is 1. The van der Waals surface area contributed by atoms with Crippen molar-refractivity contribution in [2.75, 3.05) is 26.3 Å². The zero-order valence-corrected chi connectivity index (χ0v) is 10.3. The first kappa shape index (κ1) is 14.3. The Morgan fingerprint density at radius 1 is 1.47 bits per heavy atom. The zero-order chi connectivity index (χ0) is 11.7. The van der Waals surface area contributed by atoms with E-state index in [1.54, 1.807) is 4.90 Å². The molecule has 0 unspecified atom stereocenters. The fourth-order valence-electron chi connectivity index (χ4n) is 1.21. The predicted molar refractivity (Wildman–Crippen MR) is 64.8 cm³/mol. The summed E-state index contributed by atoms with van der Waals surface area (Å²) in [5.74, 6) is 0.0538. The molecule has 0 aromatic carbocycles. The van der Waals surface area contributed by atoms with Crippen LogP contribution in [0.25, 0.3) is 0 Å². The van der Waals surface area contributed by atoms with Gasteiger partial charge in [-0.15, -0.1) is 0 Å². The number of hydrogen-bond acceptors (Lipinski definition) is 3. The number of nitrogens with zero attached hydrogens (tertiary/aromatic N) is 1. The van der Waals surface area contributed by atoms with E-state index in [1.807, 2.05) is 13.8 Å². The van der Waals surface area contributed by atoms with Gasteiger partial charge in [0.05, 0.1) is 24.6 Å². The molecular formula is C10H20N2O2S. The van der Waals surface area contributed by atoms with Crippen molar-refractivity contribution in [3.05, 3.63) is 0 Å². The zero-order valence-electron chi connectivity index (χ0n) is 9.49. The van der Waals surface area contributed by atoms with Crippen molar-refractivity contribution in [1.29, 1.82) is 0 Å². The lowest BCUT2D eigenvalue weighted by Crippen LogP contribution is -2.38. The van der Waals surface area contributed by atoms with Gasteiger partial charge in [-0.05, 0) is 13.3 Å². The Kier molecular flexibility index (Phi) is 8.22. The largest absolute Gasteiger partial charge is 0.392 e. The molecule has 0 fully saturated rings. The molecule has 0 aliphatic rings. The van der Waals surface area contributed by atoms with Gasteiger partial charge in [0.2, 0.25) is 5.91 Å². The van der Waals surface area contributed by atoms with Crippen LogP contribution < -0.4 is 5.73 Å². The van der Waals surface area contributed by atoms with Crippen LogP contribution in [0, 0.1) is 0 Å². The van der Waals surface area contributed by atoms with Crippen LogP contribution in [0.3, 0.4) is 0 Å². The van der Waals surface area contributed by atoms with E-state index < -0.39 is 0 Å². The van der Waals surface area contributed by atoms with Crippen molar-refractivity contribution in [2.45, 2.75) is 26.7 Å². The molecule has 0 aromatic rings. The summed E-state index contributed by atoms with van der Waals surface area (Å²) in [6.07, 6.45) is 1.31. The third-order valence-corrected chi connectivity index (χ3v) is 1.99. The monoisotopic (exact) mass is 232 g/mol. The van der Waals surface area contributed by atoms with Crippen LogP contribution in [0.2, 0.25) is 0 Å². The summed E-state index contributed by atoms with van der Waals surface area (Å²) in [4.78, 5) is 13.7. The van der Waals surface area contributed by atoms with E-state index in [0.717, 1.165) is 6.42 Å². The molecule has 0 radical (unpaired) electrons. The van der Waals surface area contributed by atoms with E-state index in [1.165, 1.54) is 0 Å². The molecule has 0 heterocycles. The highest BCUT2D eigenvalue weighted by Crippen LogP contribution is 1.97. The van der Waals surface area contributed by atoms with Crippen LogP contribution in [0.5, 0.6) is 0 Å². The first-order valence-corrected chi connectivity index (χ1v) is 5.66. The second-order valence-corrected chi connectivity index (χ2v) is 3.75. The number of rotatable bonds is 8. The third-order valence-electron chi connectivity index (χ3n) is 1.86. The first-order valence-electron chi connectivity index (χ1n) is 5.25. The fraction of sp³-hybridized carbons (Fsp3) is 0.800. The number of carbonyl (C=O) groups is 1. The Bertz CT molecular complexity index is 210. The molecule has 0 saturated heterocycles. The van der Waals surface area contributed by atoms with Gasteiger partial charge in [0, 0.05) is 13.2 Å². The third kappa shape index (κ3) is 7.27. The van der Waals surface area contributed by atoms with Crippen molar-refractivity contribution in [1.82, 2.24) is 4.90 Å². The minimum absolute atomic E-state index is 0.0538. The van der Waals surface area contributed by atoms with Crippen molar-refractivity contribution in [3.8, 4) is 0 Å². The lowest BCUT2D eigenvalue weighted by molar-refractivity contribution is -0.131. The summed E-state index contributed by atoms with van der Waals surface area (Å²) in [6, 6.07) is 0. The lowest BCUT2D eigenvalue weighted by atomic mass is 10.3. The molecule has 0 aromatic heterocycles. The lowest BCUT2D eigenvalue weighted by Gasteiger charge is -2.21. The number of thiocarbonyl (C=S) groups is 1. The van der Waals surface area contributed by atoms with Crippen molar-refractivity contribution in [3.63, 3.8) is 0 Å². The number of carbonyl (C=O) groups excluding carboxylic acids is 1. The van der Waals surface area contributed by atoms with Gasteiger partial charge >= 0.3 is 0 Å². The molecule has 0 aliphatic heterocycles. The van der Waals surface area contributed by atoms with Crippen molar-refractivity contribution < 1.29 is 9.53 Å². The average molecular weight is 232 g/mol. The highest BCUT2D eigenvalue weighted by molar-refractivity contribution is 7.80. The molecular weight excluding hydrogens is 212 g/mol. The van der Waals surface area contributed by atoms with Crippen molar-refractivity contribution in [2.24, 2.45) is 5.73 Å². The number of hydrogen-bond donors (Lipinski definition) is 1. The summed E-state index contributed by atoms with van der Waals surface area (Å²) < 4.78 is 5.13. The molecule has 0 saturated carbocycles. The van der Waals surface area contributed by atoms with Gasteiger partial charge in [0.1, 0.15) is 0 Å². The Balaban J connectivity index is 3.98. The average Bonchev–Trinajstić information content (AvgIpc) is 2.17. The number of ether oxygens (including phenoxy) is 1. The Morgan fingerprint density at radius 2 is 2.13 bits per heavy atom. The van der Waals surface area contributed by atoms with E-state index in [-0.39, 0.29) is 5.91 Å². The second kappa shape index (κ2) is 8.61. The minimum Gasteiger partial charge on any atom is -0.392 e. The van der Waals surface area contributed by atoms with Gasteiger partial charge in [-0.1, -0.05) is 19.1 Å². The predicted octanol–water partition coefficient (Wildman–Crippen LogP) is 0.938. The van der Waals surface area contributed by atoms with E-state index in [0.29, 0.717) is 37.7 Å². The van der Waals surface area contributed by atoms with Gasteiger partial charge < -0.3 is 15.4 Å². The smallest absolute Gasteiger partial charge is 0.225 e. The highest BCUT2D eigenvalue weighted by atomic mass is 32.1. The van der Waals surface area contributed by atoms with Crippen LogP contribution >= 0.6 is 12.2 Å². The second-order valence-electron chi connectivity index (χ2n) is 3.23. The fourth-order valence-corrected chi connectivity index (χ4v) is 1.37. The molecule has 1 amide bonds. The summed E-state index contributed by atoms with van der Waals surface area (Å²) in [5.41, 5.74) is 5.42. The molecule has 15 heavy (non-hydrogen) atoms. The maximum absolute atomic E-state index is 11.7. The maximum Gasteiger partial charge on any atom is 0.225 e. The van der Waals surface area contributed by atoms with Gasteiger partial charge in [-0.2, -0.15) is 0 Å². The molecule has 88 valence electrons. The molecule has 0 atom stereocenters. The van der Waals surface area contributed by atoms with Gasteiger partial charge in [-0.3, -0.25) is 4.79 Å². The molecule has 0 bridgehead atoms.